The number of rotatable bonds is 6. The zero-order chi connectivity index (χ0) is 20.4. The fraction of sp³-hybridized carbons (Fsp3) is 0.227. The van der Waals surface area contributed by atoms with E-state index < -0.39 is 0 Å². The molecular formula is C22H22N4O2S. The Bertz CT molecular complexity index is 1240. The van der Waals surface area contributed by atoms with Crippen molar-refractivity contribution in [2.75, 3.05) is 5.75 Å². The van der Waals surface area contributed by atoms with E-state index in [2.05, 4.69) is 10.3 Å². The van der Waals surface area contributed by atoms with E-state index in [9.17, 15) is 9.59 Å². The summed E-state index contributed by atoms with van der Waals surface area (Å²) >= 11 is 1.28. The smallest absolute Gasteiger partial charge is 0.278 e. The second kappa shape index (κ2) is 8.13. The molecule has 2 aromatic carbocycles. The van der Waals surface area contributed by atoms with Crippen molar-refractivity contribution in [2.45, 2.75) is 32.1 Å². The van der Waals surface area contributed by atoms with Gasteiger partial charge in [-0.15, -0.1) is 0 Å². The molecule has 0 saturated heterocycles. The van der Waals surface area contributed by atoms with Crippen molar-refractivity contribution in [3.63, 3.8) is 0 Å². The molecule has 0 aliphatic heterocycles. The van der Waals surface area contributed by atoms with Crippen LogP contribution in [0.3, 0.4) is 0 Å². The highest BCUT2D eigenvalue weighted by atomic mass is 32.2. The summed E-state index contributed by atoms with van der Waals surface area (Å²) in [6.45, 7) is 4.91. The number of aromatic nitrogens is 3. The lowest BCUT2D eigenvalue weighted by Gasteiger charge is -2.10. The van der Waals surface area contributed by atoms with E-state index in [1.54, 1.807) is 4.57 Å². The summed E-state index contributed by atoms with van der Waals surface area (Å²) in [4.78, 5) is 33.1. The molecule has 4 aromatic rings. The van der Waals surface area contributed by atoms with Gasteiger partial charge in [-0.2, -0.15) is 0 Å². The first-order valence-electron chi connectivity index (χ1n) is 9.53. The number of nitrogens with zero attached hydrogens (tertiary/aromatic N) is 2. The number of hydrogen-bond acceptors (Lipinski definition) is 4. The standard InChI is InChI=1S/C22H22N4O2S/c1-3-26-21(28)20-19(16-6-4-5-7-17(16)24-20)25-22(26)29-13-18(27)23-12-15-10-8-14(2)9-11-15/h4-11,24H,3,12-13H2,1-2H3,(H,23,27). The third kappa shape index (κ3) is 3.91. The molecule has 2 heterocycles. The molecule has 7 heteroatoms. The molecule has 0 unspecified atom stereocenters. The van der Waals surface area contributed by atoms with E-state index in [1.165, 1.54) is 17.3 Å². The molecule has 2 aromatic heterocycles. The molecule has 2 N–H and O–H groups in total. The second-order valence-electron chi connectivity index (χ2n) is 6.89. The van der Waals surface area contributed by atoms with E-state index in [4.69, 9.17) is 4.98 Å². The van der Waals surface area contributed by atoms with Crippen LogP contribution in [-0.4, -0.2) is 26.2 Å². The molecule has 29 heavy (non-hydrogen) atoms. The average molecular weight is 407 g/mol. The lowest BCUT2D eigenvalue weighted by atomic mass is 10.1. The van der Waals surface area contributed by atoms with Gasteiger partial charge in [0.1, 0.15) is 11.0 Å². The summed E-state index contributed by atoms with van der Waals surface area (Å²) < 4.78 is 1.61. The minimum absolute atomic E-state index is 0.0912. The molecule has 0 aliphatic carbocycles. The number of amides is 1. The van der Waals surface area contributed by atoms with Gasteiger partial charge in [-0.25, -0.2) is 4.98 Å². The number of para-hydroxylation sites is 1. The largest absolute Gasteiger partial charge is 0.351 e. The Kier molecular flexibility index (Phi) is 5.40. The van der Waals surface area contributed by atoms with Gasteiger partial charge in [0.25, 0.3) is 5.56 Å². The quantitative estimate of drug-likeness (QED) is 0.379. The zero-order valence-corrected chi connectivity index (χ0v) is 17.2. The van der Waals surface area contributed by atoms with Crippen molar-refractivity contribution in [1.29, 1.82) is 0 Å². The van der Waals surface area contributed by atoms with Gasteiger partial charge in [-0.3, -0.25) is 14.2 Å². The molecule has 1 amide bonds. The van der Waals surface area contributed by atoms with Gasteiger partial charge in [-0.05, 0) is 25.5 Å². The van der Waals surface area contributed by atoms with Crippen molar-refractivity contribution in [3.05, 3.63) is 70.0 Å². The molecule has 148 valence electrons. The fourth-order valence-electron chi connectivity index (χ4n) is 3.25. The minimum atomic E-state index is -0.115. The highest BCUT2D eigenvalue weighted by Gasteiger charge is 2.16. The molecule has 0 atom stereocenters. The Hall–Kier alpha value is -3.06. The first-order valence-corrected chi connectivity index (χ1v) is 10.5. The van der Waals surface area contributed by atoms with Crippen LogP contribution in [0.4, 0.5) is 0 Å². The van der Waals surface area contributed by atoms with Crippen LogP contribution in [0.15, 0.2) is 58.5 Å². The van der Waals surface area contributed by atoms with Crippen molar-refractivity contribution in [3.8, 4) is 0 Å². The van der Waals surface area contributed by atoms with E-state index >= 15 is 0 Å². The number of aryl methyl sites for hydroxylation is 1. The highest BCUT2D eigenvalue weighted by molar-refractivity contribution is 7.99. The number of aromatic amines is 1. The van der Waals surface area contributed by atoms with Crippen LogP contribution < -0.4 is 10.9 Å². The molecule has 0 radical (unpaired) electrons. The average Bonchev–Trinajstić information content (AvgIpc) is 3.11. The third-order valence-corrected chi connectivity index (χ3v) is 5.81. The molecule has 6 nitrogen and oxygen atoms in total. The maximum atomic E-state index is 12.9. The Morgan fingerprint density at radius 1 is 1.17 bits per heavy atom. The summed E-state index contributed by atoms with van der Waals surface area (Å²) in [5, 5.41) is 4.39. The Labute approximate surface area is 172 Å². The van der Waals surface area contributed by atoms with Gasteiger partial charge < -0.3 is 10.3 Å². The number of fused-ring (bicyclic) bond motifs is 3. The predicted octanol–water partition coefficient (Wildman–Crippen LogP) is 3.61. The lowest BCUT2D eigenvalue weighted by molar-refractivity contribution is -0.118. The van der Waals surface area contributed by atoms with Crippen LogP contribution in [0.1, 0.15) is 18.1 Å². The third-order valence-electron chi connectivity index (χ3n) is 4.83. The van der Waals surface area contributed by atoms with E-state index in [0.717, 1.165) is 16.5 Å². The summed E-state index contributed by atoms with van der Waals surface area (Å²) in [5.74, 6) is 0.109. The van der Waals surface area contributed by atoms with Crippen molar-refractivity contribution < 1.29 is 4.79 Å². The molecule has 0 fully saturated rings. The summed E-state index contributed by atoms with van der Waals surface area (Å²) in [6.07, 6.45) is 0. The molecule has 0 spiro atoms. The Morgan fingerprint density at radius 3 is 2.69 bits per heavy atom. The zero-order valence-electron chi connectivity index (χ0n) is 16.4. The first-order chi connectivity index (χ1) is 14.1. The predicted molar refractivity (Wildman–Crippen MR) is 117 cm³/mol. The summed E-state index contributed by atoms with van der Waals surface area (Å²) in [7, 11) is 0. The van der Waals surface area contributed by atoms with Crippen LogP contribution in [-0.2, 0) is 17.9 Å². The van der Waals surface area contributed by atoms with Crippen LogP contribution in [0, 0.1) is 6.92 Å². The number of thioether (sulfide) groups is 1. The number of hydrogen-bond donors (Lipinski definition) is 2. The van der Waals surface area contributed by atoms with Crippen molar-refractivity contribution in [2.24, 2.45) is 0 Å². The van der Waals surface area contributed by atoms with E-state index in [0.29, 0.717) is 29.3 Å². The highest BCUT2D eigenvalue weighted by Crippen LogP contribution is 2.24. The number of carbonyl (C=O) groups is 1. The number of carbonyl (C=O) groups excluding carboxylic acids is 1. The molecule has 0 aliphatic rings. The number of benzene rings is 2. The van der Waals surface area contributed by atoms with Crippen molar-refractivity contribution in [1.82, 2.24) is 19.9 Å². The Morgan fingerprint density at radius 2 is 1.93 bits per heavy atom. The molecule has 4 rings (SSSR count). The normalized spacial score (nSPS) is 11.2. The number of nitrogens with one attached hydrogen (secondary N) is 2. The molecular weight excluding hydrogens is 384 g/mol. The maximum Gasteiger partial charge on any atom is 0.278 e. The summed E-state index contributed by atoms with van der Waals surface area (Å²) in [6, 6.07) is 15.8. The van der Waals surface area contributed by atoms with Gasteiger partial charge >= 0.3 is 0 Å². The molecule has 0 saturated carbocycles. The molecule has 0 bridgehead atoms. The van der Waals surface area contributed by atoms with Crippen LogP contribution in [0.25, 0.3) is 21.9 Å². The van der Waals surface area contributed by atoms with Gasteiger partial charge in [0.15, 0.2) is 5.16 Å². The number of H-pyrrole nitrogens is 1. The fourth-order valence-corrected chi connectivity index (χ4v) is 4.14. The Balaban J connectivity index is 1.53. The van der Waals surface area contributed by atoms with E-state index in [1.807, 2.05) is 62.4 Å². The minimum Gasteiger partial charge on any atom is -0.351 e. The van der Waals surface area contributed by atoms with Crippen LogP contribution in [0.5, 0.6) is 0 Å². The monoisotopic (exact) mass is 406 g/mol. The second-order valence-corrected chi connectivity index (χ2v) is 7.83. The van der Waals surface area contributed by atoms with E-state index in [-0.39, 0.29) is 17.2 Å². The van der Waals surface area contributed by atoms with Gasteiger partial charge in [0.2, 0.25) is 5.91 Å². The van der Waals surface area contributed by atoms with Crippen molar-refractivity contribution >= 4 is 39.6 Å². The van der Waals surface area contributed by atoms with Crippen LogP contribution in [0.2, 0.25) is 0 Å². The SMILES string of the molecule is CCn1c(SCC(=O)NCc2ccc(C)cc2)nc2c([nH]c3ccccc32)c1=O. The van der Waals surface area contributed by atoms with Crippen LogP contribution >= 0.6 is 11.8 Å². The first kappa shape index (κ1) is 19.3. The topological polar surface area (TPSA) is 79.8 Å². The van der Waals surface area contributed by atoms with Gasteiger partial charge in [0.05, 0.1) is 5.75 Å². The maximum absolute atomic E-state index is 12.9. The van der Waals surface area contributed by atoms with Gasteiger partial charge in [0, 0.05) is 24.0 Å². The van der Waals surface area contributed by atoms with Gasteiger partial charge in [-0.1, -0.05) is 59.8 Å². The lowest BCUT2D eigenvalue weighted by Crippen LogP contribution is -2.26. The summed E-state index contributed by atoms with van der Waals surface area (Å²) in [5.41, 5.74) is 4.16.